The van der Waals surface area contributed by atoms with Crippen LogP contribution in [0.1, 0.15) is 22.3 Å². The summed E-state index contributed by atoms with van der Waals surface area (Å²) < 4.78 is 1.24. The Balaban J connectivity index is 1.91. The number of halogens is 1. The van der Waals surface area contributed by atoms with Crippen LogP contribution in [-0.2, 0) is 17.8 Å². The van der Waals surface area contributed by atoms with E-state index in [2.05, 4.69) is 5.32 Å². The number of aryl methyl sites for hydroxylation is 1. The first-order valence-corrected chi connectivity index (χ1v) is 8.68. The maximum Gasteiger partial charge on any atom is 0.263 e. The van der Waals surface area contributed by atoms with E-state index in [1.165, 1.54) is 21.7 Å². The molecule has 0 aliphatic rings. The Morgan fingerprint density at radius 3 is 2.50 bits per heavy atom. The molecule has 26 heavy (non-hydrogen) atoms. The van der Waals surface area contributed by atoms with E-state index in [4.69, 9.17) is 11.6 Å². The van der Waals surface area contributed by atoms with Crippen molar-refractivity contribution in [3.63, 3.8) is 0 Å². The molecule has 0 aliphatic heterocycles. The lowest BCUT2D eigenvalue weighted by Crippen LogP contribution is -2.36. The average molecular weight is 376 g/mol. The predicted octanol–water partition coefficient (Wildman–Crippen LogP) is 1.95. The highest BCUT2D eigenvalue weighted by Gasteiger charge is 2.13. The first kappa shape index (κ1) is 19.7. The summed E-state index contributed by atoms with van der Waals surface area (Å²) in [6.07, 6.45) is 3.04. The fourth-order valence-electron chi connectivity index (χ4n) is 2.36. The Morgan fingerprint density at radius 1 is 1.15 bits per heavy atom. The van der Waals surface area contributed by atoms with Gasteiger partial charge in [-0.05, 0) is 42.7 Å². The largest absolute Gasteiger partial charge is 0.352 e. The molecule has 1 aromatic carbocycles. The zero-order valence-corrected chi connectivity index (χ0v) is 15.6. The van der Waals surface area contributed by atoms with Crippen LogP contribution in [0.3, 0.4) is 0 Å². The van der Waals surface area contributed by atoms with Crippen LogP contribution in [0.4, 0.5) is 0 Å². The molecule has 2 amide bonds. The highest BCUT2D eigenvalue weighted by molar-refractivity contribution is 6.30. The molecule has 6 nitrogen and oxygen atoms in total. The van der Waals surface area contributed by atoms with Gasteiger partial charge in [0, 0.05) is 31.9 Å². The van der Waals surface area contributed by atoms with E-state index in [9.17, 15) is 14.4 Å². The number of nitrogens with one attached hydrogen (secondary N) is 1. The lowest BCUT2D eigenvalue weighted by molar-refractivity contribution is -0.129. The third-order valence-corrected chi connectivity index (χ3v) is 4.16. The van der Waals surface area contributed by atoms with E-state index < -0.39 is 11.5 Å². The van der Waals surface area contributed by atoms with E-state index in [1.807, 2.05) is 24.3 Å². The van der Waals surface area contributed by atoms with Crippen LogP contribution >= 0.6 is 11.6 Å². The molecular formula is C19H22ClN3O3. The first-order chi connectivity index (χ1) is 12.4. The van der Waals surface area contributed by atoms with Gasteiger partial charge in [0.15, 0.2) is 0 Å². The van der Waals surface area contributed by atoms with Crippen LogP contribution in [0.5, 0.6) is 0 Å². The molecule has 0 atom stereocenters. The highest BCUT2D eigenvalue weighted by atomic mass is 35.5. The van der Waals surface area contributed by atoms with Gasteiger partial charge in [-0.25, -0.2) is 0 Å². The Hall–Kier alpha value is -2.60. The van der Waals surface area contributed by atoms with Gasteiger partial charge in [0.2, 0.25) is 5.91 Å². The third-order valence-electron chi connectivity index (χ3n) is 3.91. The molecule has 0 unspecified atom stereocenters. The number of rotatable bonds is 7. The van der Waals surface area contributed by atoms with Gasteiger partial charge < -0.3 is 14.8 Å². The maximum absolute atomic E-state index is 12.4. The van der Waals surface area contributed by atoms with E-state index in [0.29, 0.717) is 11.6 Å². The molecule has 0 aliphatic carbocycles. The molecular weight excluding hydrogens is 354 g/mol. The number of hydrogen-bond donors (Lipinski definition) is 1. The van der Waals surface area contributed by atoms with Crippen molar-refractivity contribution in [3.8, 4) is 0 Å². The Labute approximate surface area is 157 Å². The molecule has 1 N–H and O–H groups in total. The third kappa shape index (κ3) is 5.46. The van der Waals surface area contributed by atoms with Crippen LogP contribution < -0.4 is 10.9 Å². The van der Waals surface area contributed by atoms with Gasteiger partial charge in [0.25, 0.3) is 11.5 Å². The molecule has 0 fully saturated rings. The molecule has 0 radical (unpaired) electrons. The molecule has 0 spiro atoms. The van der Waals surface area contributed by atoms with Crippen molar-refractivity contribution in [1.29, 1.82) is 0 Å². The summed E-state index contributed by atoms with van der Waals surface area (Å²) in [5.74, 6) is -0.648. The van der Waals surface area contributed by atoms with E-state index >= 15 is 0 Å². The molecule has 1 heterocycles. The molecule has 2 rings (SSSR count). The number of carbonyl (C=O) groups excluding carboxylic acids is 2. The Morgan fingerprint density at radius 2 is 1.85 bits per heavy atom. The van der Waals surface area contributed by atoms with Crippen LogP contribution in [0.15, 0.2) is 47.4 Å². The Kier molecular flexibility index (Phi) is 6.97. The quantitative estimate of drug-likeness (QED) is 0.752. The number of likely N-dealkylation sites (N-methyl/N-ethyl adjacent to an activating group) is 1. The van der Waals surface area contributed by atoms with Gasteiger partial charge in [-0.1, -0.05) is 23.7 Å². The van der Waals surface area contributed by atoms with Crippen LogP contribution in [0.2, 0.25) is 5.02 Å². The zero-order chi connectivity index (χ0) is 19.1. The summed E-state index contributed by atoms with van der Waals surface area (Å²) in [6, 6.07) is 10.6. The number of hydrogen-bond acceptors (Lipinski definition) is 3. The minimum absolute atomic E-state index is 0.0329. The SMILES string of the molecule is CN(C)C(=O)Cn1cccc(C(=O)NCCCc2ccc(Cl)cc2)c1=O. The summed E-state index contributed by atoms with van der Waals surface area (Å²) in [6.45, 7) is 0.357. The van der Waals surface area contributed by atoms with E-state index in [-0.39, 0.29) is 18.0 Å². The zero-order valence-electron chi connectivity index (χ0n) is 14.9. The number of carbonyl (C=O) groups is 2. The molecule has 2 aromatic rings. The highest BCUT2D eigenvalue weighted by Crippen LogP contribution is 2.10. The van der Waals surface area contributed by atoms with Crippen molar-refractivity contribution in [2.45, 2.75) is 19.4 Å². The first-order valence-electron chi connectivity index (χ1n) is 8.30. The van der Waals surface area contributed by atoms with Crippen molar-refractivity contribution in [1.82, 2.24) is 14.8 Å². The van der Waals surface area contributed by atoms with Crippen molar-refractivity contribution in [2.24, 2.45) is 0 Å². The summed E-state index contributed by atoms with van der Waals surface area (Å²) in [5, 5.41) is 3.44. The van der Waals surface area contributed by atoms with Crippen molar-refractivity contribution < 1.29 is 9.59 Å². The fourth-order valence-corrected chi connectivity index (χ4v) is 2.49. The van der Waals surface area contributed by atoms with Gasteiger partial charge in [-0.15, -0.1) is 0 Å². The topological polar surface area (TPSA) is 71.4 Å². The fraction of sp³-hybridized carbons (Fsp3) is 0.316. The molecule has 0 saturated heterocycles. The minimum Gasteiger partial charge on any atom is -0.352 e. The maximum atomic E-state index is 12.4. The number of aromatic nitrogens is 1. The summed E-state index contributed by atoms with van der Waals surface area (Å²) in [5.41, 5.74) is 0.691. The number of pyridine rings is 1. The lowest BCUT2D eigenvalue weighted by atomic mass is 10.1. The van der Waals surface area contributed by atoms with Gasteiger partial charge in [0.05, 0.1) is 0 Å². The van der Waals surface area contributed by atoms with Crippen molar-refractivity contribution >= 4 is 23.4 Å². The van der Waals surface area contributed by atoms with E-state index in [0.717, 1.165) is 18.4 Å². The monoisotopic (exact) mass is 375 g/mol. The second-order valence-electron chi connectivity index (χ2n) is 6.13. The second-order valence-corrected chi connectivity index (χ2v) is 6.57. The molecule has 138 valence electrons. The standard InChI is InChI=1S/C19H22ClN3O3/c1-22(2)17(24)13-23-12-4-6-16(19(23)26)18(25)21-11-3-5-14-7-9-15(20)10-8-14/h4,6-10,12H,3,5,11,13H2,1-2H3,(H,21,25). The molecule has 0 bridgehead atoms. The van der Waals surface area contributed by atoms with E-state index in [1.54, 1.807) is 20.2 Å². The number of amides is 2. The smallest absolute Gasteiger partial charge is 0.263 e. The molecule has 1 aromatic heterocycles. The van der Waals surface area contributed by atoms with Crippen LogP contribution in [0, 0.1) is 0 Å². The summed E-state index contributed by atoms with van der Waals surface area (Å²) >= 11 is 5.85. The average Bonchev–Trinajstić information content (AvgIpc) is 2.61. The van der Waals surface area contributed by atoms with Gasteiger partial charge in [-0.3, -0.25) is 14.4 Å². The van der Waals surface area contributed by atoms with Crippen molar-refractivity contribution in [3.05, 3.63) is 69.1 Å². The number of benzene rings is 1. The summed E-state index contributed by atoms with van der Waals surface area (Å²) in [7, 11) is 3.23. The molecule has 7 heteroatoms. The van der Waals surface area contributed by atoms with Crippen molar-refractivity contribution in [2.75, 3.05) is 20.6 Å². The Bertz CT molecular complexity index is 829. The number of nitrogens with zero attached hydrogens (tertiary/aromatic N) is 2. The predicted molar refractivity (Wildman–Crippen MR) is 102 cm³/mol. The lowest BCUT2D eigenvalue weighted by Gasteiger charge is -2.12. The molecule has 0 saturated carbocycles. The van der Waals surface area contributed by atoms with Crippen LogP contribution in [-0.4, -0.2) is 41.9 Å². The van der Waals surface area contributed by atoms with Gasteiger partial charge in [-0.2, -0.15) is 0 Å². The van der Waals surface area contributed by atoms with Gasteiger partial charge >= 0.3 is 0 Å². The van der Waals surface area contributed by atoms with Crippen LogP contribution in [0.25, 0.3) is 0 Å². The summed E-state index contributed by atoms with van der Waals surface area (Å²) in [4.78, 5) is 37.8. The van der Waals surface area contributed by atoms with Gasteiger partial charge in [0.1, 0.15) is 12.1 Å². The second kappa shape index (κ2) is 9.20. The minimum atomic E-state index is -0.474. The normalized spacial score (nSPS) is 10.4.